The number of rotatable bonds is 4. The van der Waals surface area contributed by atoms with Crippen molar-refractivity contribution in [1.29, 1.82) is 0 Å². The zero-order valence-electron chi connectivity index (χ0n) is 17.4. The molecule has 1 heterocycles. The molecule has 0 aliphatic rings. The predicted octanol–water partition coefficient (Wildman–Crippen LogP) is 7.63. The Balaban J connectivity index is 0.00000107. The molecule has 0 radical (unpaired) electrons. The van der Waals surface area contributed by atoms with Crippen molar-refractivity contribution in [1.82, 2.24) is 4.98 Å². The molecule has 3 aromatic rings. The van der Waals surface area contributed by atoms with Gasteiger partial charge in [-0.15, -0.1) is 0 Å². The summed E-state index contributed by atoms with van der Waals surface area (Å²) in [6.07, 6.45) is 0. The summed E-state index contributed by atoms with van der Waals surface area (Å²) in [5.41, 5.74) is 5.61. The van der Waals surface area contributed by atoms with Crippen LogP contribution in [0.15, 0.2) is 64.6 Å². The Kier molecular flexibility index (Phi) is 9.79. The second-order valence-corrected chi connectivity index (χ2v) is 8.54. The minimum absolute atomic E-state index is 0.194. The van der Waals surface area contributed by atoms with Crippen LogP contribution in [0.4, 0.5) is 20.2 Å². The molecule has 0 aliphatic heterocycles. The molecule has 0 atom stereocenters. The van der Waals surface area contributed by atoms with E-state index in [1.165, 1.54) is 24.3 Å². The van der Waals surface area contributed by atoms with Gasteiger partial charge >= 0.3 is 33.3 Å². The Labute approximate surface area is 195 Å². The van der Waals surface area contributed by atoms with Gasteiger partial charge in [0.2, 0.25) is 0 Å². The summed E-state index contributed by atoms with van der Waals surface area (Å²) in [7, 11) is 9.53. The maximum atomic E-state index is 13.5. The van der Waals surface area contributed by atoms with Crippen LogP contribution in [0.5, 0.6) is 0 Å². The van der Waals surface area contributed by atoms with Crippen molar-refractivity contribution < 1.29 is 21.9 Å². The number of halogens is 4. The van der Waals surface area contributed by atoms with Crippen LogP contribution in [0.2, 0.25) is 0 Å². The van der Waals surface area contributed by atoms with Gasteiger partial charge in [0.25, 0.3) is 0 Å². The summed E-state index contributed by atoms with van der Waals surface area (Å²) in [5.74, 6) is -0.653. The van der Waals surface area contributed by atoms with E-state index >= 15 is 0 Å². The summed E-state index contributed by atoms with van der Waals surface area (Å²) < 4.78 is 27.0. The van der Waals surface area contributed by atoms with Crippen LogP contribution >= 0.6 is 20.2 Å². The maximum absolute atomic E-state index is 13.5. The average molecular weight is 504 g/mol. The van der Waals surface area contributed by atoms with Crippen LogP contribution in [0.25, 0.3) is 0 Å². The van der Waals surface area contributed by atoms with Gasteiger partial charge in [-0.1, -0.05) is 18.2 Å². The van der Waals surface area contributed by atoms with E-state index in [0.29, 0.717) is 34.2 Å². The van der Waals surface area contributed by atoms with Crippen molar-refractivity contribution in [3.8, 4) is 0 Å². The first-order valence-electron chi connectivity index (χ1n) is 9.21. The third-order valence-corrected chi connectivity index (χ3v) is 4.41. The van der Waals surface area contributed by atoms with Crippen molar-refractivity contribution in [3.63, 3.8) is 0 Å². The van der Waals surface area contributed by atoms with Gasteiger partial charge in [-0.05, 0) is 75.2 Å². The fourth-order valence-electron chi connectivity index (χ4n) is 2.72. The van der Waals surface area contributed by atoms with Gasteiger partial charge in [-0.2, -0.15) is 0 Å². The number of hydrogen-bond acceptors (Lipinski definition) is 3. The number of nitrogens with zero attached hydrogens (tertiary/aromatic N) is 3. The second kappa shape index (κ2) is 12.1. The molecule has 0 unspecified atom stereocenters. The summed E-state index contributed by atoms with van der Waals surface area (Å²) in [6.45, 7) is 7.43. The van der Waals surface area contributed by atoms with Crippen LogP contribution < -0.4 is 0 Å². The summed E-state index contributed by atoms with van der Waals surface area (Å²) in [6, 6.07) is 14.6. The zero-order valence-corrected chi connectivity index (χ0v) is 20.0. The molecule has 3 rings (SSSR count). The molecule has 0 amide bonds. The van der Waals surface area contributed by atoms with E-state index in [9.17, 15) is 8.78 Å². The normalized spacial score (nSPS) is 11.9. The number of hydrogen-bond donors (Lipinski definition) is 0. The molecule has 0 spiro atoms. The van der Waals surface area contributed by atoms with Gasteiger partial charge in [0.1, 0.15) is 11.6 Å². The van der Waals surface area contributed by atoms with E-state index in [0.717, 1.165) is 11.1 Å². The molecule has 164 valence electrons. The number of aliphatic imine (C=N–C) groups is 2. The van der Waals surface area contributed by atoms with Gasteiger partial charge in [-0.25, -0.2) is 13.8 Å². The van der Waals surface area contributed by atoms with Gasteiger partial charge in [0.05, 0.1) is 34.2 Å². The van der Waals surface area contributed by atoms with Crippen molar-refractivity contribution >= 4 is 43.0 Å². The summed E-state index contributed by atoms with van der Waals surface area (Å²) in [5, 5.41) is 0. The first-order valence-corrected chi connectivity index (χ1v) is 12.2. The van der Waals surface area contributed by atoms with Crippen molar-refractivity contribution in [3.05, 3.63) is 88.7 Å². The number of pyridine rings is 1. The third kappa shape index (κ3) is 7.51. The van der Waals surface area contributed by atoms with Crippen LogP contribution in [0.3, 0.4) is 0 Å². The quantitative estimate of drug-likeness (QED) is 0.266. The molecule has 8 heteroatoms. The Morgan fingerprint density at radius 3 is 1.55 bits per heavy atom. The molecule has 2 aromatic carbocycles. The molecule has 1 aromatic heterocycles. The van der Waals surface area contributed by atoms with E-state index in [1.807, 2.05) is 45.9 Å². The van der Waals surface area contributed by atoms with E-state index in [-0.39, 0.29) is 24.8 Å². The van der Waals surface area contributed by atoms with Crippen molar-refractivity contribution in [2.24, 2.45) is 9.98 Å². The third-order valence-electron chi connectivity index (χ3n) is 4.41. The zero-order chi connectivity index (χ0) is 23.0. The first kappa shape index (κ1) is 25.2. The van der Waals surface area contributed by atoms with Crippen LogP contribution in [0.1, 0.15) is 36.4 Å². The first-order chi connectivity index (χ1) is 14.7. The standard InChI is InChI=1S/C23H21F2N3.2ClH.Fe/c1-14-8-10-18(24)12-22(14)26-16(3)20-6-5-7-21(28-20)17(4)27-23-13-19(25)11-9-15(23)2;;;/h5-13H,1-4H3;2*1H;/q;;;+2/p-2. The van der Waals surface area contributed by atoms with Gasteiger partial charge in [-0.3, -0.25) is 9.98 Å². The van der Waals surface area contributed by atoms with Gasteiger partial charge in [0, 0.05) is 0 Å². The molecular formula is C23H21Cl2F2FeN3. The monoisotopic (exact) mass is 503 g/mol. The molecule has 0 N–H and O–H groups in total. The molecule has 31 heavy (non-hydrogen) atoms. The fourth-order valence-corrected chi connectivity index (χ4v) is 2.72. The summed E-state index contributed by atoms with van der Waals surface area (Å²) >= 11 is 0.194. The Bertz CT molecular complexity index is 1030. The van der Waals surface area contributed by atoms with E-state index in [4.69, 9.17) is 20.2 Å². The number of benzene rings is 2. The minimum atomic E-state index is -0.327. The van der Waals surface area contributed by atoms with Crippen LogP contribution in [-0.2, 0) is 13.1 Å². The topological polar surface area (TPSA) is 37.6 Å². The molecule has 0 saturated carbocycles. The second-order valence-electron chi connectivity index (χ2n) is 6.71. The Morgan fingerprint density at radius 2 is 1.16 bits per heavy atom. The predicted molar refractivity (Wildman–Crippen MR) is 122 cm³/mol. The van der Waals surface area contributed by atoms with E-state index < -0.39 is 0 Å². The van der Waals surface area contributed by atoms with Crippen molar-refractivity contribution in [2.75, 3.05) is 0 Å². The van der Waals surface area contributed by atoms with Gasteiger partial charge < -0.3 is 0 Å². The molecular weight excluding hydrogens is 483 g/mol. The molecule has 0 fully saturated rings. The Morgan fingerprint density at radius 1 is 0.774 bits per heavy atom. The van der Waals surface area contributed by atoms with Gasteiger partial charge in [0.15, 0.2) is 0 Å². The molecule has 0 bridgehead atoms. The van der Waals surface area contributed by atoms with E-state index in [2.05, 4.69) is 15.0 Å². The van der Waals surface area contributed by atoms with Crippen molar-refractivity contribution in [2.45, 2.75) is 27.7 Å². The van der Waals surface area contributed by atoms with Crippen LogP contribution in [-0.4, -0.2) is 16.4 Å². The molecule has 0 saturated heterocycles. The number of aryl methyl sites for hydroxylation is 2. The SMILES string of the molecule is CC(=Nc1cc(F)ccc1C)c1cccc(C(C)=Nc2cc(F)ccc2C)n1.[Cl][Fe][Cl]. The summed E-state index contributed by atoms with van der Waals surface area (Å²) in [4.78, 5) is 13.7. The van der Waals surface area contributed by atoms with Crippen LogP contribution in [0, 0.1) is 25.5 Å². The fraction of sp³-hybridized carbons (Fsp3) is 0.174. The molecule has 0 aliphatic carbocycles. The number of aromatic nitrogens is 1. The average Bonchev–Trinajstić information content (AvgIpc) is 2.74. The van der Waals surface area contributed by atoms with E-state index in [1.54, 1.807) is 12.1 Å². The molecule has 3 nitrogen and oxygen atoms in total. The Hall–Kier alpha value is -2.11.